The lowest BCUT2D eigenvalue weighted by Gasteiger charge is -2.03. The smallest absolute Gasteiger partial charge is 0.141 e. The standard InChI is InChI=1S/C4H5Cl2N/c1-4(6,2-5)3-7/h2H2,1H3/t4-/m0/s1. The van der Waals surface area contributed by atoms with E-state index in [1.165, 1.54) is 0 Å². The minimum atomic E-state index is -0.873. The number of alkyl halides is 2. The van der Waals surface area contributed by atoms with Crippen LogP contribution in [0.25, 0.3) is 0 Å². The van der Waals surface area contributed by atoms with Crippen LogP contribution in [-0.2, 0) is 0 Å². The third kappa shape index (κ3) is 2.73. The molecule has 0 bridgehead atoms. The second-order valence-corrected chi connectivity index (χ2v) is 2.54. The molecular weight excluding hydrogens is 133 g/mol. The van der Waals surface area contributed by atoms with Crippen LogP contribution in [0.4, 0.5) is 0 Å². The molecule has 0 unspecified atom stereocenters. The van der Waals surface area contributed by atoms with Crippen molar-refractivity contribution in [1.29, 1.82) is 5.26 Å². The number of nitrogens with zero attached hydrogens (tertiary/aromatic N) is 1. The topological polar surface area (TPSA) is 23.8 Å². The SMILES string of the molecule is C[C@@](Cl)(C#N)CCl. The molecule has 7 heavy (non-hydrogen) atoms. The highest BCUT2D eigenvalue weighted by atomic mass is 35.5. The van der Waals surface area contributed by atoms with Gasteiger partial charge in [0.25, 0.3) is 0 Å². The summed E-state index contributed by atoms with van der Waals surface area (Å²) < 4.78 is 0. The van der Waals surface area contributed by atoms with Gasteiger partial charge in [0.05, 0.1) is 11.9 Å². The van der Waals surface area contributed by atoms with Crippen molar-refractivity contribution in [3.8, 4) is 6.07 Å². The molecule has 0 amide bonds. The van der Waals surface area contributed by atoms with Gasteiger partial charge in [0.2, 0.25) is 0 Å². The van der Waals surface area contributed by atoms with E-state index in [0.29, 0.717) is 0 Å². The fraction of sp³-hybridized carbons (Fsp3) is 0.750. The molecule has 0 heterocycles. The minimum Gasteiger partial charge on any atom is -0.196 e. The summed E-state index contributed by atoms with van der Waals surface area (Å²) in [7, 11) is 0. The summed E-state index contributed by atoms with van der Waals surface area (Å²) in [6.45, 7) is 1.57. The fourth-order valence-electron chi connectivity index (χ4n) is 0.0299. The summed E-state index contributed by atoms with van der Waals surface area (Å²) in [4.78, 5) is -0.873. The van der Waals surface area contributed by atoms with Gasteiger partial charge in [-0.15, -0.1) is 23.2 Å². The molecule has 0 saturated carbocycles. The van der Waals surface area contributed by atoms with Crippen LogP contribution in [0.1, 0.15) is 6.92 Å². The molecule has 0 aliphatic carbocycles. The first kappa shape index (κ1) is 7.07. The van der Waals surface area contributed by atoms with Gasteiger partial charge >= 0.3 is 0 Å². The van der Waals surface area contributed by atoms with Crippen molar-refractivity contribution in [3.05, 3.63) is 0 Å². The molecule has 0 spiro atoms. The van der Waals surface area contributed by atoms with E-state index in [9.17, 15) is 0 Å². The summed E-state index contributed by atoms with van der Waals surface area (Å²) in [5, 5.41) is 8.13. The van der Waals surface area contributed by atoms with E-state index in [1.54, 1.807) is 6.92 Å². The molecule has 0 rings (SSSR count). The highest BCUT2D eigenvalue weighted by Gasteiger charge is 2.16. The van der Waals surface area contributed by atoms with Crippen LogP contribution in [0.3, 0.4) is 0 Å². The maximum atomic E-state index is 8.13. The molecule has 0 fully saturated rings. The van der Waals surface area contributed by atoms with Crippen LogP contribution in [0.5, 0.6) is 0 Å². The average molecular weight is 138 g/mol. The lowest BCUT2D eigenvalue weighted by Crippen LogP contribution is -2.13. The van der Waals surface area contributed by atoms with Gasteiger partial charge in [-0.1, -0.05) is 0 Å². The van der Waals surface area contributed by atoms with Crippen LogP contribution in [0.15, 0.2) is 0 Å². The van der Waals surface area contributed by atoms with Crippen molar-refractivity contribution in [2.45, 2.75) is 11.8 Å². The lowest BCUT2D eigenvalue weighted by atomic mass is 10.2. The zero-order valence-corrected chi connectivity index (χ0v) is 5.42. The van der Waals surface area contributed by atoms with Crippen molar-refractivity contribution in [1.82, 2.24) is 0 Å². The third-order valence-electron chi connectivity index (χ3n) is 0.484. The quantitative estimate of drug-likeness (QED) is 0.506. The van der Waals surface area contributed by atoms with Crippen molar-refractivity contribution in [3.63, 3.8) is 0 Å². The fourth-order valence-corrected chi connectivity index (χ4v) is 0.0896. The Morgan fingerprint density at radius 3 is 2.29 bits per heavy atom. The van der Waals surface area contributed by atoms with Gasteiger partial charge in [-0.3, -0.25) is 0 Å². The van der Waals surface area contributed by atoms with E-state index in [1.807, 2.05) is 6.07 Å². The first-order valence-electron chi connectivity index (χ1n) is 1.78. The lowest BCUT2D eigenvalue weighted by molar-refractivity contribution is 0.907. The van der Waals surface area contributed by atoms with Crippen LogP contribution in [-0.4, -0.2) is 10.8 Å². The zero-order chi connectivity index (χ0) is 5.91. The first-order chi connectivity index (χ1) is 3.12. The molecule has 0 N–H and O–H groups in total. The molecule has 0 aliphatic heterocycles. The van der Waals surface area contributed by atoms with Crippen molar-refractivity contribution in [2.24, 2.45) is 0 Å². The maximum absolute atomic E-state index is 8.13. The monoisotopic (exact) mass is 137 g/mol. The Hall–Kier alpha value is 0.0700. The maximum Gasteiger partial charge on any atom is 0.141 e. The molecule has 0 saturated heterocycles. The Kier molecular flexibility index (Phi) is 2.42. The molecule has 0 aromatic heterocycles. The molecule has 0 aromatic rings. The van der Waals surface area contributed by atoms with Crippen LogP contribution in [0.2, 0.25) is 0 Å². The Morgan fingerprint density at radius 2 is 2.29 bits per heavy atom. The second-order valence-electron chi connectivity index (χ2n) is 1.44. The van der Waals surface area contributed by atoms with E-state index in [-0.39, 0.29) is 5.88 Å². The molecule has 40 valence electrons. The van der Waals surface area contributed by atoms with E-state index >= 15 is 0 Å². The van der Waals surface area contributed by atoms with Crippen molar-refractivity contribution < 1.29 is 0 Å². The molecule has 0 radical (unpaired) electrons. The zero-order valence-electron chi connectivity index (χ0n) is 3.91. The van der Waals surface area contributed by atoms with E-state index in [0.717, 1.165) is 0 Å². The predicted octanol–water partition coefficient (Wildman–Crippen LogP) is 1.75. The number of nitriles is 1. The minimum absolute atomic E-state index is 0.172. The molecule has 0 aliphatic rings. The Balaban J connectivity index is 3.66. The van der Waals surface area contributed by atoms with Gasteiger partial charge in [0.15, 0.2) is 0 Å². The largest absolute Gasteiger partial charge is 0.196 e. The van der Waals surface area contributed by atoms with Gasteiger partial charge in [-0.25, -0.2) is 0 Å². The predicted molar refractivity (Wildman–Crippen MR) is 30.6 cm³/mol. The van der Waals surface area contributed by atoms with E-state index in [2.05, 4.69) is 0 Å². The Labute approximate surface area is 52.8 Å². The number of halogens is 2. The number of rotatable bonds is 1. The number of hydrogen-bond donors (Lipinski definition) is 0. The van der Waals surface area contributed by atoms with Gasteiger partial charge < -0.3 is 0 Å². The molecule has 0 aromatic carbocycles. The highest BCUT2D eigenvalue weighted by molar-refractivity contribution is 6.32. The summed E-state index contributed by atoms with van der Waals surface area (Å²) >= 11 is 10.7. The Morgan fingerprint density at radius 1 is 1.86 bits per heavy atom. The summed E-state index contributed by atoms with van der Waals surface area (Å²) in [6, 6.07) is 1.82. The van der Waals surface area contributed by atoms with E-state index in [4.69, 9.17) is 28.5 Å². The Bertz CT molecular complexity index is 92.4. The van der Waals surface area contributed by atoms with Crippen molar-refractivity contribution in [2.75, 3.05) is 5.88 Å². The van der Waals surface area contributed by atoms with Gasteiger partial charge in [-0.2, -0.15) is 5.26 Å². The average Bonchev–Trinajstić information content (AvgIpc) is 1.68. The number of hydrogen-bond acceptors (Lipinski definition) is 1. The summed E-state index contributed by atoms with van der Waals surface area (Å²) in [5.74, 6) is 0.172. The molecular formula is C4H5Cl2N. The highest BCUT2D eigenvalue weighted by Crippen LogP contribution is 2.13. The third-order valence-corrected chi connectivity index (χ3v) is 1.37. The van der Waals surface area contributed by atoms with Crippen LogP contribution < -0.4 is 0 Å². The van der Waals surface area contributed by atoms with E-state index < -0.39 is 4.87 Å². The van der Waals surface area contributed by atoms with Crippen molar-refractivity contribution >= 4 is 23.2 Å². The molecule has 3 heteroatoms. The summed E-state index contributed by atoms with van der Waals surface area (Å²) in [5.41, 5.74) is 0. The second kappa shape index (κ2) is 2.40. The molecule has 1 atom stereocenters. The van der Waals surface area contributed by atoms with Gasteiger partial charge in [-0.05, 0) is 6.92 Å². The van der Waals surface area contributed by atoms with Gasteiger partial charge in [0, 0.05) is 0 Å². The first-order valence-corrected chi connectivity index (χ1v) is 2.70. The summed E-state index contributed by atoms with van der Waals surface area (Å²) in [6.07, 6.45) is 0. The van der Waals surface area contributed by atoms with Gasteiger partial charge in [0.1, 0.15) is 4.87 Å². The van der Waals surface area contributed by atoms with Crippen LogP contribution in [0, 0.1) is 11.3 Å². The normalized spacial score (nSPS) is 17.4. The molecule has 1 nitrogen and oxygen atoms in total. The van der Waals surface area contributed by atoms with Crippen LogP contribution >= 0.6 is 23.2 Å².